The molecule has 1 saturated carbocycles. The molecule has 2 aromatic carbocycles. The van der Waals surface area contributed by atoms with E-state index in [0.29, 0.717) is 24.1 Å². The molecule has 0 N–H and O–H groups in total. The second-order valence-electron chi connectivity index (χ2n) is 10.2. The molecule has 1 aliphatic carbocycles. The maximum Gasteiger partial charge on any atom is 0.150 e. The fraction of sp³-hybridized carbons (Fsp3) is 0.226. The number of imidazole rings is 1. The van der Waals surface area contributed by atoms with Crippen LogP contribution in [0, 0.1) is 11.2 Å². The summed E-state index contributed by atoms with van der Waals surface area (Å²) in [4.78, 5) is 37.9. The number of hydrogen-bond acceptors (Lipinski definition) is 6. The molecule has 5 aromatic rings. The largest absolute Gasteiger partial charge is 0.341 e. The fourth-order valence-corrected chi connectivity index (χ4v) is 6.19. The van der Waals surface area contributed by atoms with Gasteiger partial charge in [0.25, 0.3) is 0 Å². The zero-order valence-electron chi connectivity index (χ0n) is 21.7. The predicted octanol–water partition coefficient (Wildman–Crippen LogP) is 6.31. The summed E-state index contributed by atoms with van der Waals surface area (Å²) in [6.07, 6.45) is 6.85. The van der Waals surface area contributed by atoms with Crippen molar-refractivity contribution < 1.29 is 14.0 Å². The number of pyridine rings is 1. The molecule has 6 rings (SSSR count). The van der Waals surface area contributed by atoms with Crippen molar-refractivity contribution in [3.8, 4) is 10.6 Å². The van der Waals surface area contributed by atoms with E-state index in [1.807, 2.05) is 67.3 Å². The van der Waals surface area contributed by atoms with Gasteiger partial charge in [-0.3, -0.25) is 14.6 Å². The molecular weight excluding hydrogens is 511 g/mol. The molecule has 1 aliphatic rings. The Morgan fingerprint density at radius 3 is 2.38 bits per heavy atom. The number of benzene rings is 2. The molecule has 0 atom stereocenters. The number of anilines is 2. The molecule has 0 amide bonds. The van der Waals surface area contributed by atoms with Crippen LogP contribution in [-0.2, 0) is 29.5 Å². The van der Waals surface area contributed by atoms with Gasteiger partial charge in [0, 0.05) is 39.3 Å². The number of nitrogens with zero attached hydrogens (tertiary/aromatic N) is 4. The Kier molecular flexibility index (Phi) is 6.35. The van der Waals surface area contributed by atoms with Gasteiger partial charge in [-0.1, -0.05) is 36.4 Å². The monoisotopic (exact) mass is 538 g/mol. The molecule has 6 nitrogen and oxygen atoms in total. The van der Waals surface area contributed by atoms with Gasteiger partial charge in [0.05, 0.1) is 43.9 Å². The average Bonchev–Trinajstić information content (AvgIpc) is 3.45. The Bertz CT molecular complexity index is 1700. The summed E-state index contributed by atoms with van der Waals surface area (Å²) in [5.41, 5.74) is 3.47. The highest BCUT2D eigenvalue weighted by atomic mass is 32.1. The molecule has 0 unspecified atom stereocenters. The van der Waals surface area contributed by atoms with Gasteiger partial charge >= 0.3 is 0 Å². The normalized spacial score (nSPS) is 13.9. The number of hydrogen-bond donors (Lipinski definition) is 0. The molecule has 8 heteroatoms. The van der Waals surface area contributed by atoms with Gasteiger partial charge in [-0.15, -0.1) is 11.3 Å². The van der Waals surface area contributed by atoms with Crippen molar-refractivity contribution in [1.29, 1.82) is 0 Å². The van der Waals surface area contributed by atoms with Crippen LogP contribution in [0.2, 0.25) is 0 Å². The highest BCUT2D eigenvalue weighted by Gasteiger charge is 2.54. The highest BCUT2D eigenvalue weighted by molar-refractivity contribution is 7.22. The van der Waals surface area contributed by atoms with E-state index in [2.05, 4.69) is 9.97 Å². The van der Waals surface area contributed by atoms with Crippen LogP contribution >= 0.6 is 11.3 Å². The molecule has 1 fully saturated rings. The van der Waals surface area contributed by atoms with Gasteiger partial charge in [-0.2, -0.15) is 0 Å². The lowest BCUT2D eigenvalue weighted by Gasteiger charge is -2.21. The van der Waals surface area contributed by atoms with Crippen molar-refractivity contribution in [3.05, 3.63) is 96.3 Å². The number of ketones is 2. The van der Waals surface area contributed by atoms with E-state index in [4.69, 9.17) is 0 Å². The standard InChI is InChI=1S/C31H27FN4O2S/c1-35-18-24(34-19-35)27-17-23-30(39-27)26(10-13-33-23)36(2)25-9-8-21(14-22(25)32)16-29(38)31(11-12-31)28(37)15-20-6-4-3-5-7-20/h3-10,13-14,17-19H,11-12,15-16H2,1-2H3. The van der Waals surface area contributed by atoms with Crippen molar-refractivity contribution in [2.45, 2.75) is 25.7 Å². The van der Waals surface area contributed by atoms with Crippen LogP contribution in [0.3, 0.4) is 0 Å². The van der Waals surface area contributed by atoms with Crippen molar-refractivity contribution >= 4 is 44.5 Å². The van der Waals surface area contributed by atoms with E-state index < -0.39 is 11.2 Å². The molecule has 196 valence electrons. The molecular formula is C31H27FN4O2S. The smallest absolute Gasteiger partial charge is 0.150 e. The van der Waals surface area contributed by atoms with Crippen LogP contribution in [0.25, 0.3) is 20.8 Å². The first-order valence-electron chi connectivity index (χ1n) is 12.8. The number of fused-ring (bicyclic) bond motifs is 1. The molecule has 0 spiro atoms. The van der Waals surface area contributed by atoms with Crippen LogP contribution in [0.4, 0.5) is 15.8 Å². The lowest BCUT2D eigenvalue weighted by molar-refractivity contribution is -0.133. The van der Waals surface area contributed by atoms with Gasteiger partial charge in [0.1, 0.15) is 5.82 Å². The molecule has 0 bridgehead atoms. The fourth-order valence-electron chi connectivity index (χ4n) is 5.06. The van der Waals surface area contributed by atoms with E-state index in [-0.39, 0.29) is 24.4 Å². The molecule has 3 heterocycles. The zero-order chi connectivity index (χ0) is 27.1. The van der Waals surface area contributed by atoms with Crippen LogP contribution in [0.1, 0.15) is 24.0 Å². The first-order valence-corrected chi connectivity index (χ1v) is 13.7. The molecule has 0 radical (unpaired) electrons. The summed E-state index contributed by atoms with van der Waals surface area (Å²) < 4.78 is 18.3. The first-order chi connectivity index (χ1) is 18.8. The second-order valence-corrected chi connectivity index (χ2v) is 11.2. The van der Waals surface area contributed by atoms with Gasteiger partial charge in [0.15, 0.2) is 11.6 Å². The van der Waals surface area contributed by atoms with Crippen molar-refractivity contribution in [2.24, 2.45) is 12.5 Å². The van der Waals surface area contributed by atoms with Crippen LogP contribution in [0.15, 0.2) is 79.4 Å². The highest BCUT2D eigenvalue weighted by Crippen LogP contribution is 2.49. The summed E-state index contributed by atoms with van der Waals surface area (Å²) in [6, 6.07) is 18.2. The number of thiophene rings is 1. The maximum absolute atomic E-state index is 15.4. The Labute approximate surface area is 229 Å². The van der Waals surface area contributed by atoms with Crippen LogP contribution < -0.4 is 4.90 Å². The first kappa shape index (κ1) is 25.1. The van der Waals surface area contributed by atoms with E-state index >= 15 is 4.39 Å². The second kappa shape index (κ2) is 9.85. The zero-order valence-corrected chi connectivity index (χ0v) is 22.5. The summed E-state index contributed by atoms with van der Waals surface area (Å²) >= 11 is 1.56. The Morgan fingerprint density at radius 2 is 1.72 bits per heavy atom. The van der Waals surface area contributed by atoms with Gasteiger partial charge in [0.2, 0.25) is 0 Å². The number of halogens is 1. The summed E-state index contributed by atoms with van der Waals surface area (Å²) in [5, 5.41) is 0. The van der Waals surface area contributed by atoms with E-state index in [1.54, 1.807) is 40.9 Å². The predicted molar refractivity (Wildman–Crippen MR) is 152 cm³/mol. The number of carbonyl (C=O) groups excluding carboxylic acids is 2. The molecule has 0 aliphatic heterocycles. The van der Waals surface area contributed by atoms with Gasteiger partial charge in [-0.05, 0) is 48.2 Å². The lowest BCUT2D eigenvalue weighted by atomic mass is 9.88. The number of carbonyl (C=O) groups is 2. The van der Waals surface area contributed by atoms with E-state index in [1.165, 1.54) is 6.07 Å². The molecule has 39 heavy (non-hydrogen) atoms. The minimum Gasteiger partial charge on any atom is -0.341 e. The van der Waals surface area contributed by atoms with Crippen LogP contribution in [-0.4, -0.2) is 33.1 Å². The topological polar surface area (TPSA) is 68.1 Å². The summed E-state index contributed by atoms with van der Waals surface area (Å²) in [5.74, 6) is -0.589. The minimum atomic E-state index is -0.922. The Hall–Kier alpha value is -4.17. The maximum atomic E-state index is 15.4. The quantitative estimate of drug-likeness (QED) is 0.206. The van der Waals surface area contributed by atoms with E-state index in [9.17, 15) is 9.59 Å². The average molecular weight is 539 g/mol. The molecule has 3 aromatic heterocycles. The molecule has 0 saturated heterocycles. The van der Waals surface area contributed by atoms with Crippen molar-refractivity contribution in [3.63, 3.8) is 0 Å². The number of rotatable bonds is 9. The van der Waals surface area contributed by atoms with Crippen LogP contribution in [0.5, 0.6) is 0 Å². The lowest BCUT2D eigenvalue weighted by Crippen LogP contribution is -2.29. The summed E-state index contributed by atoms with van der Waals surface area (Å²) in [6.45, 7) is 0. The minimum absolute atomic E-state index is 0.0410. The van der Waals surface area contributed by atoms with E-state index in [0.717, 1.165) is 32.0 Å². The number of Topliss-reactive ketones (excluding diaryl/α,β-unsaturated/α-hetero) is 2. The van der Waals surface area contributed by atoms with Crippen molar-refractivity contribution in [1.82, 2.24) is 14.5 Å². The third-order valence-electron chi connectivity index (χ3n) is 7.47. The third kappa shape index (κ3) is 4.76. The number of aromatic nitrogens is 3. The third-order valence-corrected chi connectivity index (χ3v) is 8.64. The summed E-state index contributed by atoms with van der Waals surface area (Å²) in [7, 11) is 3.74. The Balaban J connectivity index is 1.21. The van der Waals surface area contributed by atoms with Gasteiger partial charge < -0.3 is 9.47 Å². The SMILES string of the molecule is CN(c1ccc(CC(=O)C2(C(=O)Cc3ccccc3)CC2)cc1F)c1ccnc2cc(-c3cn(C)cn3)sc12. The Morgan fingerprint density at radius 1 is 0.974 bits per heavy atom. The van der Waals surface area contributed by atoms with Crippen molar-refractivity contribution in [2.75, 3.05) is 11.9 Å². The number of aryl methyl sites for hydroxylation is 1. The van der Waals surface area contributed by atoms with Gasteiger partial charge in [-0.25, -0.2) is 9.37 Å².